The Balaban J connectivity index is 2.00. The van der Waals surface area contributed by atoms with Crippen molar-refractivity contribution in [2.75, 3.05) is 13.7 Å². The number of carbonyl (C=O) groups is 2. The van der Waals surface area contributed by atoms with E-state index in [0.29, 0.717) is 16.5 Å². The number of rotatable bonds is 6. The van der Waals surface area contributed by atoms with Crippen LogP contribution in [0.3, 0.4) is 0 Å². The molecule has 1 saturated carbocycles. The van der Waals surface area contributed by atoms with Crippen LogP contribution in [-0.4, -0.2) is 30.8 Å². The Labute approximate surface area is 188 Å². The number of hydrogen-bond acceptors (Lipinski definition) is 5. The van der Waals surface area contributed by atoms with Gasteiger partial charge in [0.2, 0.25) is 0 Å². The van der Waals surface area contributed by atoms with Gasteiger partial charge in [-0.25, -0.2) is 9.59 Å². The van der Waals surface area contributed by atoms with E-state index in [1.165, 1.54) is 30.4 Å². The van der Waals surface area contributed by atoms with Gasteiger partial charge in [-0.1, -0.05) is 52.0 Å². The van der Waals surface area contributed by atoms with Gasteiger partial charge in [-0.3, -0.25) is 0 Å². The SMILES string of the molecule is COC(=O)c1sc(-c2cccc(C3CC(C)(C)CC(C)(C)C3)c2)c(C)c1OCC(=O)O. The highest BCUT2D eigenvalue weighted by Crippen LogP contribution is 2.52. The number of carboxylic acid groups (broad SMARTS) is 1. The monoisotopic (exact) mass is 444 g/mol. The number of carboxylic acids is 1. The molecule has 0 spiro atoms. The van der Waals surface area contributed by atoms with Gasteiger partial charge in [0.15, 0.2) is 11.5 Å². The summed E-state index contributed by atoms with van der Waals surface area (Å²) in [6, 6.07) is 8.50. The zero-order chi connectivity index (χ0) is 23.0. The minimum absolute atomic E-state index is 0.289. The van der Waals surface area contributed by atoms with E-state index in [0.717, 1.165) is 28.8 Å². The first-order valence-corrected chi connectivity index (χ1v) is 11.4. The van der Waals surface area contributed by atoms with Crippen LogP contribution in [0.5, 0.6) is 5.75 Å². The van der Waals surface area contributed by atoms with Gasteiger partial charge >= 0.3 is 11.9 Å². The molecule has 31 heavy (non-hydrogen) atoms. The van der Waals surface area contributed by atoms with Crippen LogP contribution >= 0.6 is 11.3 Å². The average Bonchev–Trinajstić information content (AvgIpc) is 2.99. The third-order valence-corrected chi connectivity index (χ3v) is 7.28. The highest BCUT2D eigenvalue weighted by atomic mass is 32.1. The standard InChI is InChI=1S/C25H32O5S/c1-15-20(30-13-19(26)27)22(23(28)29-6)31-21(15)17-9-7-8-16(10-17)18-11-24(2,3)14-25(4,5)12-18/h7-10,18H,11-14H2,1-6H3,(H,26,27). The topological polar surface area (TPSA) is 72.8 Å². The van der Waals surface area contributed by atoms with Crippen LogP contribution in [0, 0.1) is 17.8 Å². The van der Waals surface area contributed by atoms with Crippen LogP contribution in [0.4, 0.5) is 0 Å². The van der Waals surface area contributed by atoms with Crippen molar-refractivity contribution in [1.82, 2.24) is 0 Å². The number of thiophene rings is 1. The highest BCUT2D eigenvalue weighted by molar-refractivity contribution is 7.18. The first kappa shape index (κ1) is 23.3. The normalized spacial score (nSPS) is 17.9. The fourth-order valence-electron chi connectivity index (χ4n) is 5.32. The van der Waals surface area contributed by atoms with Gasteiger partial charge in [0, 0.05) is 10.4 Å². The summed E-state index contributed by atoms with van der Waals surface area (Å²) < 4.78 is 10.4. The summed E-state index contributed by atoms with van der Waals surface area (Å²) in [5.41, 5.74) is 3.65. The summed E-state index contributed by atoms with van der Waals surface area (Å²) in [5.74, 6) is -0.847. The summed E-state index contributed by atoms with van der Waals surface area (Å²) in [5, 5.41) is 9.00. The van der Waals surface area contributed by atoms with Gasteiger partial charge in [-0.2, -0.15) is 0 Å². The Morgan fingerprint density at radius 2 is 1.81 bits per heavy atom. The number of methoxy groups -OCH3 is 1. The van der Waals surface area contributed by atoms with E-state index in [-0.39, 0.29) is 10.8 Å². The molecular formula is C25H32O5S. The molecule has 1 aliphatic carbocycles. The van der Waals surface area contributed by atoms with Crippen LogP contribution in [0.15, 0.2) is 24.3 Å². The van der Waals surface area contributed by atoms with Gasteiger partial charge in [-0.05, 0) is 54.1 Å². The number of aliphatic carboxylic acids is 1. The predicted molar refractivity (Wildman–Crippen MR) is 123 cm³/mol. The molecule has 0 aliphatic heterocycles. The van der Waals surface area contributed by atoms with Crippen LogP contribution in [0.25, 0.3) is 10.4 Å². The number of carbonyl (C=O) groups excluding carboxylic acids is 1. The molecule has 0 bridgehead atoms. The zero-order valence-corrected chi connectivity index (χ0v) is 20.0. The van der Waals surface area contributed by atoms with Crippen molar-refractivity contribution in [3.05, 3.63) is 40.3 Å². The molecule has 1 aliphatic rings. The number of benzene rings is 1. The second-order valence-corrected chi connectivity index (χ2v) is 11.1. The van der Waals surface area contributed by atoms with Crippen molar-refractivity contribution in [3.8, 4) is 16.2 Å². The maximum atomic E-state index is 12.3. The fraction of sp³-hybridized carbons (Fsp3) is 0.520. The molecule has 0 atom stereocenters. The molecule has 1 aromatic carbocycles. The van der Waals surface area contributed by atoms with Gasteiger partial charge in [-0.15, -0.1) is 11.3 Å². The predicted octanol–water partition coefficient (Wildman–Crippen LogP) is 6.29. The summed E-state index contributed by atoms with van der Waals surface area (Å²) in [6.07, 6.45) is 3.50. The minimum atomic E-state index is -1.09. The van der Waals surface area contributed by atoms with E-state index in [1.54, 1.807) is 0 Å². The molecule has 1 N–H and O–H groups in total. The molecular weight excluding hydrogens is 412 g/mol. The van der Waals surface area contributed by atoms with Crippen LogP contribution in [0.2, 0.25) is 0 Å². The van der Waals surface area contributed by atoms with Gasteiger partial charge < -0.3 is 14.6 Å². The van der Waals surface area contributed by atoms with Gasteiger partial charge in [0.05, 0.1) is 7.11 Å². The van der Waals surface area contributed by atoms with Crippen molar-refractivity contribution in [2.45, 2.75) is 59.8 Å². The molecule has 0 unspecified atom stereocenters. The summed E-state index contributed by atoms with van der Waals surface area (Å²) >= 11 is 1.29. The smallest absolute Gasteiger partial charge is 0.351 e. The van der Waals surface area contributed by atoms with Crippen LogP contribution in [-0.2, 0) is 9.53 Å². The third-order valence-electron chi connectivity index (χ3n) is 5.98. The van der Waals surface area contributed by atoms with E-state index in [2.05, 4.69) is 45.9 Å². The quantitative estimate of drug-likeness (QED) is 0.530. The van der Waals surface area contributed by atoms with Gasteiger partial charge in [0.25, 0.3) is 0 Å². The Morgan fingerprint density at radius 1 is 1.16 bits per heavy atom. The van der Waals surface area contributed by atoms with Crippen molar-refractivity contribution in [1.29, 1.82) is 0 Å². The Bertz CT molecular complexity index is 970. The van der Waals surface area contributed by atoms with E-state index in [1.807, 2.05) is 13.0 Å². The first-order valence-electron chi connectivity index (χ1n) is 10.6. The molecule has 0 radical (unpaired) electrons. The molecule has 6 heteroatoms. The number of esters is 1. The molecule has 1 aromatic heterocycles. The van der Waals surface area contributed by atoms with Crippen molar-refractivity contribution < 1.29 is 24.2 Å². The molecule has 2 aromatic rings. The second kappa shape index (κ2) is 8.65. The van der Waals surface area contributed by atoms with E-state index < -0.39 is 18.5 Å². The molecule has 0 amide bonds. The maximum Gasteiger partial charge on any atom is 0.351 e. The van der Waals surface area contributed by atoms with Crippen LogP contribution in [0.1, 0.15) is 73.7 Å². The van der Waals surface area contributed by atoms with E-state index in [4.69, 9.17) is 14.6 Å². The molecule has 1 heterocycles. The number of hydrogen-bond donors (Lipinski definition) is 1. The van der Waals surface area contributed by atoms with Crippen LogP contribution < -0.4 is 4.74 Å². The zero-order valence-electron chi connectivity index (χ0n) is 19.2. The first-order chi connectivity index (χ1) is 14.4. The van der Waals surface area contributed by atoms with E-state index >= 15 is 0 Å². The fourth-order valence-corrected chi connectivity index (χ4v) is 6.49. The average molecular weight is 445 g/mol. The van der Waals surface area contributed by atoms with Crippen molar-refractivity contribution in [2.24, 2.45) is 10.8 Å². The largest absolute Gasteiger partial charge is 0.480 e. The molecule has 3 rings (SSSR count). The lowest BCUT2D eigenvalue weighted by molar-refractivity contribution is -0.139. The third kappa shape index (κ3) is 5.29. The summed E-state index contributed by atoms with van der Waals surface area (Å²) in [6.45, 7) is 10.7. The van der Waals surface area contributed by atoms with E-state index in [9.17, 15) is 9.59 Å². The summed E-state index contributed by atoms with van der Waals surface area (Å²) in [4.78, 5) is 24.5. The number of ether oxygens (including phenoxy) is 2. The lowest BCUT2D eigenvalue weighted by Gasteiger charge is -2.45. The lowest BCUT2D eigenvalue weighted by Crippen LogP contribution is -2.32. The Hall–Kier alpha value is -2.34. The molecule has 1 fully saturated rings. The molecule has 0 saturated heterocycles. The van der Waals surface area contributed by atoms with Gasteiger partial charge in [0.1, 0.15) is 5.75 Å². The molecule has 5 nitrogen and oxygen atoms in total. The Kier molecular flexibility index (Phi) is 6.51. The summed E-state index contributed by atoms with van der Waals surface area (Å²) in [7, 11) is 1.31. The Morgan fingerprint density at radius 3 is 2.39 bits per heavy atom. The van der Waals surface area contributed by atoms with Crippen molar-refractivity contribution in [3.63, 3.8) is 0 Å². The minimum Gasteiger partial charge on any atom is -0.480 e. The maximum absolute atomic E-state index is 12.3. The lowest BCUT2D eigenvalue weighted by atomic mass is 9.60. The second-order valence-electron chi connectivity index (χ2n) is 10.1. The molecule has 168 valence electrons. The highest BCUT2D eigenvalue weighted by Gasteiger charge is 2.39. The van der Waals surface area contributed by atoms with Crippen molar-refractivity contribution >= 4 is 23.3 Å².